The van der Waals surface area contributed by atoms with E-state index < -0.39 is 6.10 Å². The molecule has 2 aromatic carbocycles. The van der Waals surface area contributed by atoms with Gasteiger partial charge in [-0.2, -0.15) is 0 Å². The Morgan fingerprint density at radius 1 is 1.15 bits per heavy atom. The summed E-state index contributed by atoms with van der Waals surface area (Å²) in [4.78, 5) is 0. The van der Waals surface area contributed by atoms with Gasteiger partial charge in [0.1, 0.15) is 0 Å². The number of anilines is 1. The van der Waals surface area contributed by atoms with Crippen LogP contribution in [0.15, 0.2) is 48.5 Å². The van der Waals surface area contributed by atoms with Gasteiger partial charge in [0, 0.05) is 17.3 Å². The molecule has 0 saturated carbocycles. The minimum atomic E-state index is -0.542. The molecule has 0 aromatic heterocycles. The lowest BCUT2D eigenvalue weighted by atomic mass is 10.1. The summed E-state index contributed by atoms with van der Waals surface area (Å²) >= 11 is 5.90. The zero-order valence-electron chi connectivity index (χ0n) is 11.2. The second kappa shape index (κ2) is 7.29. The van der Waals surface area contributed by atoms with Crippen molar-refractivity contribution < 1.29 is 5.11 Å². The van der Waals surface area contributed by atoms with E-state index in [9.17, 15) is 5.11 Å². The highest BCUT2D eigenvalue weighted by molar-refractivity contribution is 6.30. The first-order valence-corrected chi connectivity index (χ1v) is 7.01. The standard InChI is InChI=1S/C16H19ClN2O/c17-14-3-1-2-13(10-14)16(20)11-19-9-8-12-4-6-15(18)7-5-12/h1-7,10,16,19-20H,8-9,11,18H2/t16-/m0/s1. The predicted molar refractivity (Wildman–Crippen MR) is 83.8 cm³/mol. The highest BCUT2D eigenvalue weighted by atomic mass is 35.5. The van der Waals surface area contributed by atoms with Crippen molar-refractivity contribution in [2.75, 3.05) is 18.8 Å². The summed E-state index contributed by atoms with van der Waals surface area (Å²) in [5, 5.41) is 13.9. The van der Waals surface area contributed by atoms with Crippen LogP contribution in [-0.4, -0.2) is 18.2 Å². The number of hydrogen-bond donors (Lipinski definition) is 3. The first-order chi connectivity index (χ1) is 9.65. The number of halogens is 1. The van der Waals surface area contributed by atoms with Gasteiger partial charge in [-0.05, 0) is 48.4 Å². The fourth-order valence-electron chi connectivity index (χ4n) is 1.99. The van der Waals surface area contributed by atoms with Crippen molar-refractivity contribution in [2.24, 2.45) is 0 Å². The molecule has 2 aromatic rings. The zero-order valence-corrected chi connectivity index (χ0v) is 12.0. The van der Waals surface area contributed by atoms with Crippen molar-refractivity contribution >= 4 is 17.3 Å². The number of hydrogen-bond acceptors (Lipinski definition) is 3. The lowest BCUT2D eigenvalue weighted by Crippen LogP contribution is -2.23. The van der Waals surface area contributed by atoms with E-state index in [1.165, 1.54) is 5.56 Å². The fourth-order valence-corrected chi connectivity index (χ4v) is 2.19. The van der Waals surface area contributed by atoms with E-state index in [0.717, 1.165) is 24.2 Å². The summed E-state index contributed by atoms with van der Waals surface area (Å²) < 4.78 is 0. The van der Waals surface area contributed by atoms with Crippen molar-refractivity contribution in [1.29, 1.82) is 0 Å². The molecule has 0 spiro atoms. The predicted octanol–water partition coefficient (Wildman–Crippen LogP) is 2.79. The molecule has 0 radical (unpaired) electrons. The summed E-state index contributed by atoms with van der Waals surface area (Å²) in [5.41, 5.74) is 8.47. The molecule has 1 atom stereocenters. The molecule has 0 unspecified atom stereocenters. The molecule has 2 rings (SSSR count). The third-order valence-electron chi connectivity index (χ3n) is 3.14. The summed E-state index contributed by atoms with van der Waals surface area (Å²) in [7, 11) is 0. The van der Waals surface area contributed by atoms with Crippen LogP contribution in [0, 0.1) is 0 Å². The Labute approximate surface area is 124 Å². The van der Waals surface area contributed by atoms with Gasteiger partial charge in [0.2, 0.25) is 0 Å². The van der Waals surface area contributed by atoms with Gasteiger partial charge in [-0.25, -0.2) is 0 Å². The number of benzene rings is 2. The molecule has 4 N–H and O–H groups in total. The lowest BCUT2D eigenvalue weighted by molar-refractivity contribution is 0.175. The van der Waals surface area contributed by atoms with Gasteiger partial charge in [-0.15, -0.1) is 0 Å². The highest BCUT2D eigenvalue weighted by Gasteiger charge is 2.06. The molecule has 0 saturated heterocycles. The van der Waals surface area contributed by atoms with Gasteiger partial charge in [-0.1, -0.05) is 35.9 Å². The first kappa shape index (κ1) is 14.9. The Bertz CT molecular complexity index is 542. The topological polar surface area (TPSA) is 58.3 Å². The van der Waals surface area contributed by atoms with Crippen molar-refractivity contribution in [3.63, 3.8) is 0 Å². The Kier molecular flexibility index (Phi) is 5.41. The third-order valence-corrected chi connectivity index (χ3v) is 3.38. The molecule has 106 valence electrons. The summed E-state index contributed by atoms with van der Waals surface area (Å²) in [6.45, 7) is 1.32. The van der Waals surface area contributed by atoms with Crippen LogP contribution in [0.25, 0.3) is 0 Å². The normalized spacial score (nSPS) is 12.3. The molecular formula is C16H19ClN2O. The van der Waals surface area contributed by atoms with Crippen LogP contribution in [0.1, 0.15) is 17.2 Å². The van der Waals surface area contributed by atoms with Crippen LogP contribution in [-0.2, 0) is 6.42 Å². The molecule has 0 fully saturated rings. The van der Waals surface area contributed by atoms with Crippen LogP contribution >= 0.6 is 11.6 Å². The number of aliphatic hydroxyl groups is 1. The molecule has 0 bridgehead atoms. The molecule has 20 heavy (non-hydrogen) atoms. The van der Waals surface area contributed by atoms with Crippen molar-refractivity contribution in [2.45, 2.75) is 12.5 Å². The van der Waals surface area contributed by atoms with Crippen molar-refractivity contribution in [3.8, 4) is 0 Å². The molecule has 0 aliphatic carbocycles. The Hall–Kier alpha value is -1.55. The molecule has 0 aliphatic heterocycles. The summed E-state index contributed by atoms with van der Waals surface area (Å²) in [6.07, 6.45) is 0.364. The highest BCUT2D eigenvalue weighted by Crippen LogP contribution is 2.17. The van der Waals surface area contributed by atoms with E-state index in [1.807, 2.05) is 36.4 Å². The maximum Gasteiger partial charge on any atom is 0.0914 e. The largest absolute Gasteiger partial charge is 0.399 e. The van der Waals surface area contributed by atoms with Crippen LogP contribution in [0.2, 0.25) is 5.02 Å². The van der Waals surface area contributed by atoms with Gasteiger partial charge in [-0.3, -0.25) is 0 Å². The second-order valence-corrected chi connectivity index (χ2v) is 5.20. The molecule has 0 heterocycles. The summed E-state index contributed by atoms with van der Waals surface area (Å²) in [5.74, 6) is 0. The molecular weight excluding hydrogens is 272 g/mol. The van der Waals surface area contributed by atoms with Crippen molar-refractivity contribution in [1.82, 2.24) is 5.32 Å². The summed E-state index contributed by atoms with van der Waals surface area (Å²) in [6, 6.07) is 15.1. The minimum absolute atomic E-state index is 0.509. The number of nitrogens with two attached hydrogens (primary N) is 1. The van der Waals surface area contributed by atoms with Crippen molar-refractivity contribution in [3.05, 3.63) is 64.7 Å². The number of nitrogen functional groups attached to an aromatic ring is 1. The van der Waals surface area contributed by atoms with E-state index in [1.54, 1.807) is 12.1 Å². The lowest BCUT2D eigenvalue weighted by Gasteiger charge is -2.12. The number of nitrogens with one attached hydrogen (secondary N) is 1. The number of aliphatic hydroxyl groups excluding tert-OH is 1. The SMILES string of the molecule is Nc1ccc(CCNC[C@H](O)c2cccc(Cl)c2)cc1. The average Bonchev–Trinajstić information content (AvgIpc) is 2.45. The van der Waals surface area contributed by atoms with Gasteiger partial charge < -0.3 is 16.2 Å². The van der Waals surface area contributed by atoms with Crippen LogP contribution in [0.4, 0.5) is 5.69 Å². The van der Waals surface area contributed by atoms with Gasteiger partial charge in [0.15, 0.2) is 0 Å². The Balaban J connectivity index is 1.74. The van der Waals surface area contributed by atoms with Crippen LogP contribution < -0.4 is 11.1 Å². The third kappa shape index (κ3) is 4.53. The van der Waals surface area contributed by atoms with E-state index in [4.69, 9.17) is 17.3 Å². The second-order valence-electron chi connectivity index (χ2n) is 4.77. The average molecular weight is 291 g/mol. The molecule has 0 amide bonds. The van der Waals surface area contributed by atoms with E-state index in [2.05, 4.69) is 5.32 Å². The quantitative estimate of drug-likeness (QED) is 0.566. The molecule has 3 nitrogen and oxygen atoms in total. The Morgan fingerprint density at radius 2 is 1.90 bits per heavy atom. The first-order valence-electron chi connectivity index (χ1n) is 6.64. The number of rotatable bonds is 6. The van der Waals surface area contributed by atoms with Gasteiger partial charge in [0.25, 0.3) is 0 Å². The van der Waals surface area contributed by atoms with Gasteiger partial charge >= 0.3 is 0 Å². The maximum atomic E-state index is 10.0. The molecule has 0 aliphatic rings. The van der Waals surface area contributed by atoms with E-state index in [-0.39, 0.29) is 0 Å². The minimum Gasteiger partial charge on any atom is -0.399 e. The monoisotopic (exact) mass is 290 g/mol. The van der Waals surface area contributed by atoms with E-state index in [0.29, 0.717) is 11.6 Å². The van der Waals surface area contributed by atoms with Crippen LogP contribution in [0.5, 0.6) is 0 Å². The fraction of sp³-hybridized carbons (Fsp3) is 0.250. The molecule has 4 heteroatoms. The van der Waals surface area contributed by atoms with Crippen LogP contribution in [0.3, 0.4) is 0 Å². The maximum absolute atomic E-state index is 10.0. The smallest absolute Gasteiger partial charge is 0.0914 e. The van der Waals surface area contributed by atoms with E-state index >= 15 is 0 Å². The Morgan fingerprint density at radius 3 is 2.60 bits per heavy atom. The zero-order chi connectivity index (χ0) is 14.4. The van der Waals surface area contributed by atoms with Gasteiger partial charge in [0.05, 0.1) is 6.10 Å².